The predicted octanol–water partition coefficient (Wildman–Crippen LogP) is 1.54. The number of amides is 2. The van der Waals surface area contributed by atoms with Crippen LogP contribution >= 0.6 is 0 Å². The molecule has 0 radical (unpaired) electrons. The Balaban J connectivity index is 2.15. The minimum absolute atomic E-state index is 0.0906. The van der Waals surface area contributed by atoms with Gasteiger partial charge < -0.3 is 0 Å². The van der Waals surface area contributed by atoms with Crippen molar-refractivity contribution in [2.45, 2.75) is 0 Å². The SMILES string of the molecule is O=C1c2ccccc2C(=O)N1c1ccc[se]1. The Morgan fingerprint density at radius 1 is 0.875 bits per heavy atom. The van der Waals surface area contributed by atoms with E-state index < -0.39 is 0 Å². The Morgan fingerprint density at radius 2 is 1.50 bits per heavy atom. The Morgan fingerprint density at radius 3 is 2.00 bits per heavy atom. The van der Waals surface area contributed by atoms with E-state index in [9.17, 15) is 9.59 Å². The van der Waals surface area contributed by atoms with E-state index in [1.165, 1.54) is 4.90 Å². The van der Waals surface area contributed by atoms with Crippen molar-refractivity contribution in [2.75, 3.05) is 4.90 Å². The summed E-state index contributed by atoms with van der Waals surface area (Å²) in [4.78, 5) is 27.4. The van der Waals surface area contributed by atoms with Gasteiger partial charge in [-0.3, -0.25) is 0 Å². The first kappa shape index (κ1) is 9.58. The number of benzene rings is 1. The fourth-order valence-electron chi connectivity index (χ4n) is 1.79. The van der Waals surface area contributed by atoms with Crippen molar-refractivity contribution in [2.24, 2.45) is 0 Å². The van der Waals surface area contributed by atoms with Gasteiger partial charge in [-0.25, -0.2) is 0 Å². The number of anilines is 1. The third kappa shape index (κ3) is 1.21. The van der Waals surface area contributed by atoms with Crippen molar-refractivity contribution >= 4 is 30.9 Å². The summed E-state index contributed by atoms with van der Waals surface area (Å²) in [6.07, 6.45) is 0. The number of hydrogen-bond donors (Lipinski definition) is 0. The van der Waals surface area contributed by atoms with E-state index in [1.807, 2.05) is 17.1 Å². The number of nitrogens with zero attached hydrogens (tertiary/aromatic N) is 1. The summed E-state index contributed by atoms with van der Waals surface area (Å²) in [7, 11) is 0. The van der Waals surface area contributed by atoms with Crippen LogP contribution in [0.15, 0.2) is 41.3 Å². The van der Waals surface area contributed by atoms with Crippen LogP contribution in [0.2, 0.25) is 0 Å². The molecule has 0 atom stereocenters. The van der Waals surface area contributed by atoms with Crippen LogP contribution in [0.25, 0.3) is 0 Å². The molecule has 0 unspecified atom stereocenters. The van der Waals surface area contributed by atoms with Gasteiger partial charge in [0.25, 0.3) is 0 Å². The molecule has 4 heteroatoms. The molecule has 0 bridgehead atoms. The summed E-state index contributed by atoms with van der Waals surface area (Å²) in [6, 6.07) is 10.7. The molecule has 2 heterocycles. The monoisotopic (exact) mass is 277 g/mol. The Labute approximate surface area is 98.1 Å². The molecule has 0 aliphatic carbocycles. The summed E-state index contributed by atoms with van der Waals surface area (Å²) >= 11 is 0.0906. The van der Waals surface area contributed by atoms with Crippen LogP contribution in [-0.2, 0) is 0 Å². The molecule has 1 aromatic heterocycles. The molecule has 3 rings (SSSR count). The van der Waals surface area contributed by atoms with Crippen LogP contribution in [0.3, 0.4) is 0 Å². The van der Waals surface area contributed by atoms with Gasteiger partial charge in [0.1, 0.15) is 0 Å². The predicted molar refractivity (Wildman–Crippen MR) is 61.0 cm³/mol. The van der Waals surface area contributed by atoms with E-state index in [-0.39, 0.29) is 26.3 Å². The van der Waals surface area contributed by atoms with Crippen LogP contribution < -0.4 is 4.90 Å². The van der Waals surface area contributed by atoms with Gasteiger partial charge in [0, 0.05) is 0 Å². The van der Waals surface area contributed by atoms with Gasteiger partial charge in [-0.1, -0.05) is 0 Å². The van der Waals surface area contributed by atoms with Crippen LogP contribution in [0.5, 0.6) is 0 Å². The van der Waals surface area contributed by atoms with Crippen LogP contribution in [0.4, 0.5) is 4.56 Å². The first-order chi connectivity index (χ1) is 7.79. The molecule has 0 N–H and O–H groups in total. The second-order valence-electron chi connectivity index (χ2n) is 3.44. The number of rotatable bonds is 1. The van der Waals surface area contributed by atoms with E-state index >= 15 is 0 Å². The van der Waals surface area contributed by atoms with Gasteiger partial charge >= 0.3 is 97.8 Å². The molecule has 1 aromatic carbocycles. The fourth-order valence-corrected chi connectivity index (χ4v) is 3.31. The first-order valence-corrected chi connectivity index (χ1v) is 6.65. The molecule has 3 nitrogen and oxygen atoms in total. The molecule has 0 fully saturated rings. The van der Waals surface area contributed by atoms with Gasteiger partial charge in [-0.2, -0.15) is 0 Å². The molecule has 0 spiro atoms. The van der Waals surface area contributed by atoms with Crippen molar-refractivity contribution in [1.29, 1.82) is 0 Å². The maximum absolute atomic E-state index is 12.0. The van der Waals surface area contributed by atoms with Crippen molar-refractivity contribution in [3.05, 3.63) is 52.5 Å². The van der Waals surface area contributed by atoms with E-state index in [4.69, 9.17) is 0 Å². The topological polar surface area (TPSA) is 37.4 Å². The molecule has 2 amide bonds. The number of hydrogen-bond acceptors (Lipinski definition) is 2. The van der Waals surface area contributed by atoms with Crippen molar-refractivity contribution in [1.82, 2.24) is 0 Å². The first-order valence-electron chi connectivity index (χ1n) is 4.80. The number of carbonyl (C=O) groups excluding carboxylic acids is 2. The summed E-state index contributed by atoms with van der Waals surface area (Å²) in [5.41, 5.74) is 1.02. The summed E-state index contributed by atoms with van der Waals surface area (Å²) in [5.74, 6) is -0.394. The molecular formula is C12H7NO2Se. The molecule has 0 saturated heterocycles. The van der Waals surface area contributed by atoms with Gasteiger partial charge in [0.05, 0.1) is 0 Å². The standard InChI is InChI=1S/C12H7NO2Se/c14-11-8-4-1-2-5-9(8)12(15)13(11)10-6-3-7-16-10/h1-7H. The fraction of sp³-hybridized carbons (Fsp3) is 0. The quantitative estimate of drug-likeness (QED) is 0.585. The molecule has 0 saturated carbocycles. The van der Waals surface area contributed by atoms with Gasteiger partial charge in [-0.05, 0) is 0 Å². The van der Waals surface area contributed by atoms with Gasteiger partial charge in [-0.15, -0.1) is 0 Å². The molecule has 1 aliphatic rings. The molecular weight excluding hydrogens is 269 g/mol. The zero-order chi connectivity index (χ0) is 11.1. The number of carbonyl (C=O) groups is 2. The van der Waals surface area contributed by atoms with Gasteiger partial charge in [0.2, 0.25) is 0 Å². The van der Waals surface area contributed by atoms with E-state index in [2.05, 4.69) is 0 Å². The van der Waals surface area contributed by atoms with Crippen LogP contribution in [-0.4, -0.2) is 26.3 Å². The molecule has 78 valence electrons. The molecule has 1 aliphatic heterocycles. The van der Waals surface area contributed by atoms with Crippen LogP contribution in [0, 0.1) is 0 Å². The Hall–Kier alpha value is -1.64. The second kappa shape index (κ2) is 3.44. The average molecular weight is 276 g/mol. The maximum atomic E-state index is 12.0. The van der Waals surface area contributed by atoms with Crippen molar-refractivity contribution in [3.63, 3.8) is 0 Å². The van der Waals surface area contributed by atoms with E-state index in [0.717, 1.165) is 4.56 Å². The van der Waals surface area contributed by atoms with Crippen LogP contribution in [0.1, 0.15) is 20.7 Å². The van der Waals surface area contributed by atoms with E-state index in [1.54, 1.807) is 24.3 Å². The van der Waals surface area contributed by atoms with Gasteiger partial charge in [0.15, 0.2) is 0 Å². The Bertz CT molecular complexity index is 539. The third-order valence-corrected chi connectivity index (χ3v) is 4.31. The molecule has 16 heavy (non-hydrogen) atoms. The average Bonchev–Trinajstić information content (AvgIpc) is 2.89. The third-order valence-electron chi connectivity index (χ3n) is 2.52. The Kier molecular flexibility index (Phi) is 2.06. The summed E-state index contributed by atoms with van der Waals surface area (Å²) in [6.45, 7) is 0. The zero-order valence-corrected chi connectivity index (χ0v) is 9.93. The normalized spacial score (nSPS) is 14.4. The minimum atomic E-state index is -0.197. The van der Waals surface area contributed by atoms with Crippen molar-refractivity contribution < 1.29 is 9.59 Å². The second-order valence-corrected chi connectivity index (χ2v) is 5.39. The number of fused-ring (bicyclic) bond motifs is 1. The van der Waals surface area contributed by atoms with Crippen molar-refractivity contribution in [3.8, 4) is 0 Å². The zero-order valence-electron chi connectivity index (χ0n) is 8.21. The summed E-state index contributed by atoms with van der Waals surface area (Å²) < 4.78 is 0.818. The number of imide groups is 1. The summed E-state index contributed by atoms with van der Waals surface area (Å²) in [5, 5.41) is 0. The molecule has 2 aromatic rings. The van der Waals surface area contributed by atoms with E-state index in [0.29, 0.717) is 11.1 Å².